The van der Waals surface area contributed by atoms with E-state index in [2.05, 4.69) is 10.6 Å². The van der Waals surface area contributed by atoms with Crippen LogP contribution < -0.4 is 15.4 Å². The fourth-order valence-corrected chi connectivity index (χ4v) is 2.73. The highest BCUT2D eigenvalue weighted by Gasteiger charge is 2.23. The first-order valence-electron chi connectivity index (χ1n) is 9.32. The summed E-state index contributed by atoms with van der Waals surface area (Å²) in [6.45, 7) is 5.84. The Morgan fingerprint density at radius 2 is 1.57 bits per heavy atom. The van der Waals surface area contributed by atoms with Crippen LogP contribution in [0.25, 0.3) is 0 Å². The minimum atomic E-state index is -0.720. The van der Waals surface area contributed by atoms with Crippen LogP contribution >= 0.6 is 0 Å². The molecule has 150 valence electrons. The van der Waals surface area contributed by atoms with Crippen LogP contribution in [0.4, 0.5) is 4.79 Å². The second kappa shape index (κ2) is 10.3. The largest absolute Gasteiger partial charge is 0.497 e. The van der Waals surface area contributed by atoms with Crippen molar-refractivity contribution in [3.8, 4) is 5.75 Å². The van der Waals surface area contributed by atoms with Crippen LogP contribution in [-0.2, 0) is 16.1 Å². The molecule has 0 aromatic heterocycles. The maximum atomic E-state index is 12.6. The molecule has 0 aliphatic carbocycles. The number of carbonyl (C=O) groups is 2. The maximum Gasteiger partial charge on any atom is 0.408 e. The Bertz CT molecular complexity index is 760. The molecule has 0 saturated carbocycles. The molecule has 2 rings (SSSR count). The fourth-order valence-electron chi connectivity index (χ4n) is 2.73. The van der Waals surface area contributed by atoms with Crippen molar-refractivity contribution < 1.29 is 19.1 Å². The van der Waals surface area contributed by atoms with E-state index in [1.54, 1.807) is 14.0 Å². The van der Waals surface area contributed by atoms with Crippen LogP contribution in [0.2, 0.25) is 0 Å². The average Bonchev–Trinajstić information content (AvgIpc) is 2.71. The molecule has 28 heavy (non-hydrogen) atoms. The molecule has 0 fully saturated rings. The lowest BCUT2D eigenvalue weighted by Gasteiger charge is -2.25. The Kier molecular flexibility index (Phi) is 7.87. The summed E-state index contributed by atoms with van der Waals surface area (Å²) in [6.07, 6.45) is -0.628. The van der Waals surface area contributed by atoms with Crippen molar-refractivity contribution in [2.24, 2.45) is 5.92 Å². The van der Waals surface area contributed by atoms with E-state index in [0.717, 1.165) is 16.9 Å². The number of nitrogens with one attached hydrogen (secondary N) is 2. The van der Waals surface area contributed by atoms with E-state index < -0.39 is 12.1 Å². The molecule has 0 spiro atoms. The Balaban J connectivity index is 1.90. The molecule has 2 amide bonds. The van der Waals surface area contributed by atoms with Crippen molar-refractivity contribution in [2.45, 2.75) is 39.5 Å². The number of alkyl carbamates (subject to hydrolysis) is 1. The van der Waals surface area contributed by atoms with Gasteiger partial charge >= 0.3 is 6.09 Å². The quantitative estimate of drug-likeness (QED) is 0.725. The molecule has 0 saturated heterocycles. The molecular formula is C22H28N2O4. The summed E-state index contributed by atoms with van der Waals surface area (Å²) in [4.78, 5) is 24.5. The first-order valence-corrected chi connectivity index (χ1v) is 9.32. The van der Waals surface area contributed by atoms with Gasteiger partial charge in [-0.05, 0) is 36.1 Å². The van der Waals surface area contributed by atoms with E-state index >= 15 is 0 Å². The maximum absolute atomic E-state index is 12.6. The predicted molar refractivity (Wildman–Crippen MR) is 108 cm³/mol. The first-order chi connectivity index (χ1) is 13.4. The molecule has 6 heteroatoms. The Labute approximate surface area is 166 Å². The molecule has 0 aliphatic heterocycles. The molecule has 0 heterocycles. The molecule has 2 atom stereocenters. The number of benzene rings is 2. The summed E-state index contributed by atoms with van der Waals surface area (Å²) in [6, 6.07) is 16.0. The number of hydrogen-bond donors (Lipinski definition) is 2. The molecule has 1 unspecified atom stereocenters. The van der Waals surface area contributed by atoms with Crippen LogP contribution in [0, 0.1) is 5.92 Å². The summed E-state index contributed by atoms with van der Waals surface area (Å²) in [5, 5.41) is 5.57. The third-order valence-corrected chi connectivity index (χ3v) is 4.38. The summed E-state index contributed by atoms with van der Waals surface area (Å²) < 4.78 is 10.3. The molecule has 0 aliphatic rings. The number of hydrogen-bond acceptors (Lipinski definition) is 4. The second-order valence-corrected chi connectivity index (χ2v) is 6.93. The average molecular weight is 384 g/mol. The van der Waals surface area contributed by atoms with Gasteiger partial charge in [0.2, 0.25) is 5.91 Å². The van der Waals surface area contributed by atoms with E-state index in [4.69, 9.17) is 9.47 Å². The van der Waals surface area contributed by atoms with Crippen molar-refractivity contribution in [1.29, 1.82) is 0 Å². The third-order valence-electron chi connectivity index (χ3n) is 4.38. The summed E-state index contributed by atoms with van der Waals surface area (Å²) in [5.41, 5.74) is 1.86. The zero-order valence-corrected chi connectivity index (χ0v) is 16.8. The van der Waals surface area contributed by atoms with Crippen LogP contribution in [0.1, 0.15) is 37.9 Å². The van der Waals surface area contributed by atoms with Crippen LogP contribution in [0.5, 0.6) is 5.75 Å². The number of carbonyl (C=O) groups excluding carboxylic acids is 2. The van der Waals surface area contributed by atoms with Crippen molar-refractivity contribution in [3.63, 3.8) is 0 Å². The molecule has 0 bridgehead atoms. The summed E-state index contributed by atoms with van der Waals surface area (Å²) in [7, 11) is 1.61. The number of rotatable bonds is 8. The van der Waals surface area contributed by atoms with Gasteiger partial charge in [0, 0.05) is 0 Å². The van der Waals surface area contributed by atoms with Crippen molar-refractivity contribution >= 4 is 12.0 Å². The highest BCUT2D eigenvalue weighted by Crippen LogP contribution is 2.24. The number of ether oxygens (including phenoxy) is 2. The van der Waals surface area contributed by atoms with E-state index in [1.165, 1.54) is 0 Å². The summed E-state index contributed by atoms with van der Waals surface area (Å²) in [5.74, 6) is 0.662. The van der Waals surface area contributed by atoms with Crippen molar-refractivity contribution in [1.82, 2.24) is 10.6 Å². The van der Waals surface area contributed by atoms with Crippen molar-refractivity contribution in [2.75, 3.05) is 7.11 Å². The van der Waals surface area contributed by atoms with E-state index in [1.807, 2.05) is 68.4 Å². The minimum absolute atomic E-state index is 0.154. The molecule has 2 aromatic carbocycles. The van der Waals surface area contributed by atoms with Crippen LogP contribution in [-0.4, -0.2) is 25.2 Å². The van der Waals surface area contributed by atoms with Gasteiger partial charge in [0.25, 0.3) is 0 Å². The normalized spacial score (nSPS) is 12.8. The van der Waals surface area contributed by atoms with Gasteiger partial charge in [-0.25, -0.2) is 4.79 Å². The molecule has 2 aromatic rings. The molecule has 6 nitrogen and oxygen atoms in total. The highest BCUT2D eigenvalue weighted by molar-refractivity contribution is 5.85. The zero-order chi connectivity index (χ0) is 20.5. The monoisotopic (exact) mass is 384 g/mol. The fraction of sp³-hybridized carbons (Fsp3) is 0.364. The Morgan fingerprint density at radius 1 is 0.929 bits per heavy atom. The van der Waals surface area contributed by atoms with Gasteiger partial charge < -0.3 is 20.1 Å². The number of amides is 2. The predicted octanol–water partition coefficient (Wildman–Crippen LogP) is 3.82. The minimum Gasteiger partial charge on any atom is -0.497 e. The lowest BCUT2D eigenvalue weighted by Crippen LogP contribution is -2.46. The molecular weight excluding hydrogens is 356 g/mol. The van der Waals surface area contributed by atoms with Gasteiger partial charge in [-0.15, -0.1) is 0 Å². The highest BCUT2D eigenvalue weighted by atomic mass is 16.5. The molecule has 2 N–H and O–H groups in total. The lowest BCUT2D eigenvalue weighted by atomic mass is 9.95. The zero-order valence-electron chi connectivity index (χ0n) is 16.8. The molecule has 0 radical (unpaired) electrons. The van der Waals surface area contributed by atoms with Gasteiger partial charge in [-0.3, -0.25) is 4.79 Å². The van der Waals surface area contributed by atoms with E-state index in [0.29, 0.717) is 0 Å². The van der Waals surface area contributed by atoms with Gasteiger partial charge in [0.05, 0.1) is 13.2 Å². The van der Waals surface area contributed by atoms with Gasteiger partial charge in [0.15, 0.2) is 0 Å². The second-order valence-electron chi connectivity index (χ2n) is 6.93. The van der Waals surface area contributed by atoms with Gasteiger partial charge in [0.1, 0.15) is 18.4 Å². The van der Waals surface area contributed by atoms with Gasteiger partial charge in [-0.1, -0.05) is 56.3 Å². The summed E-state index contributed by atoms with van der Waals surface area (Å²) >= 11 is 0. The van der Waals surface area contributed by atoms with Crippen LogP contribution in [0.3, 0.4) is 0 Å². The Morgan fingerprint density at radius 3 is 2.14 bits per heavy atom. The van der Waals surface area contributed by atoms with Gasteiger partial charge in [-0.2, -0.15) is 0 Å². The number of methoxy groups -OCH3 is 1. The first kappa shape index (κ1) is 21.3. The van der Waals surface area contributed by atoms with E-state index in [9.17, 15) is 9.59 Å². The van der Waals surface area contributed by atoms with E-state index in [-0.39, 0.29) is 24.5 Å². The van der Waals surface area contributed by atoms with Crippen molar-refractivity contribution in [3.05, 3.63) is 65.7 Å². The topological polar surface area (TPSA) is 76.7 Å². The third kappa shape index (κ3) is 6.30. The SMILES string of the molecule is COc1ccc(C(NC(=O)[C@H](C)NC(=O)OCc2ccccc2)C(C)C)cc1. The standard InChI is InChI=1S/C22H28N2O4/c1-15(2)20(18-10-12-19(27-4)13-11-18)24-21(25)16(3)23-22(26)28-14-17-8-6-5-7-9-17/h5-13,15-16,20H,14H2,1-4H3,(H,23,26)(H,24,25)/t16-,20?/m0/s1. The lowest BCUT2D eigenvalue weighted by molar-refractivity contribution is -0.123. The van der Waals surface area contributed by atoms with Crippen LogP contribution in [0.15, 0.2) is 54.6 Å². The smallest absolute Gasteiger partial charge is 0.408 e. The Hall–Kier alpha value is -3.02.